The third-order valence-electron chi connectivity index (χ3n) is 4.93. The maximum Gasteiger partial charge on any atom is 0.225 e. The normalized spacial score (nSPS) is 17.0. The summed E-state index contributed by atoms with van der Waals surface area (Å²) in [7, 11) is 0. The summed E-state index contributed by atoms with van der Waals surface area (Å²) in [5.74, 6) is 0.657. The molecule has 1 fully saturated rings. The van der Waals surface area contributed by atoms with Crippen LogP contribution in [0, 0.1) is 0 Å². The van der Waals surface area contributed by atoms with E-state index in [1.165, 1.54) is 19.3 Å². The highest BCUT2D eigenvalue weighted by Gasteiger charge is 2.27. The van der Waals surface area contributed by atoms with E-state index in [4.69, 9.17) is 11.5 Å². The Bertz CT molecular complexity index is 751. The maximum absolute atomic E-state index is 11.9. The van der Waals surface area contributed by atoms with Gasteiger partial charge in [0, 0.05) is 31.0 Å². The Balaban J connectivity index is 1.76. The molecule has 0 radical (unpaired) electrons. The largest absolute Gasteiger partial charge is 0.341 e. The first-order chi connectivity index (χ1) is 12.5. The predicted molar refractivity (Wildman–Crippen MR) is 104 cm³/mol. The molecule has 2 heterocycles. The molecule has 1 atom stereocenters. The number of carbonyl (C=O) groups excluding carboxylic acids is 1. The van der Waals surface area contributed by atoms with Crippen molar-refractivity contribution in [3.63, 3.8) is 0 Å². The maximum atomic E-state index is 11.9. The number of rotatable bonds is 6. The van der Waals surface area contributed by atoms with Crippen molar-refractivity contribution in [1.29, 1.82) is 0 Å². The number of anilines is 1. The van der Waals surface area contributed by atoms with Crippen LogP contribution >= 0.6 is 0 Å². The fraction of sp³-hybridized carbons (Fsp3) is 0.450. The molecule has 2 aromatic rings. The Labute approximate surface area is 154 Å². The van der Waals surface area contributed by atoms with E-state index >= 15 is 0 Å². The molecule has 26 heavy (non-hydrogen) atoms. The summed E-state index contributed by atoms with van der Waals surface area (Å²) in [6, 6.07) is 7.99. The van der Waals surface area contributed by atoms with E-state index in [0.717, 1.165) is 35.7 Å². The first-order valence-electron chi connectivity index (χ1n) is 9.18. The van der Waals surface area contributed by atoms with Gasteiger partial charge < -0.3 is 16.4 Å². The Morgan fingerprint density at radius 2 is 1.85 bits per heavy atom. The van der Waals surface area contributed by atoms with Gasteiger partial charge in [0.05, 0.1) is 12.1 Å². The summed E-state index contributed by atoms with van der Waals surface area (Å²) in [5.41, 5.74) is 13.6. The van der Waals surface area contributed by atoms with Crippen LogP contribution < -0.4 is 16.4 Å². The molecular formula is C20H27N5O. The number of nitrogens with zero attached hydrogens (tertiary/aromatic N) is 3. The van der Waals surface area contributed by atoms with Gasteiger partial charge in [-0.1, -0.05) is 24.3 Å². The van der Waals surface area contributed by atoms with E-state index in [1.54, 1.807) is 6.92 Å². The van der Waals surface area contributed by atoms with Crippen molar-refractivity contribution in [2.24, 2.45) is 11.5 Å². The summed E-state index contributed by atoms with van der Waals surface area (Å²) < 4.78 is 0. The number of piperidine rings is 1. The van der Waals surface area contributed by atoms with Crippen molar-refractivity contribution in [3.8, 4) is 11.1 Å². The zero-order chi connectivity index (χ0) is 18.6. The van der Waals surface area contributed by atoms with Gasteiger partial charge in [0.1, 0.15) is 0 Å². The molecule has 1 aromatic carbocycles. The van der Waals surface area contributed by atoms with Crippen LogP contribution in [-0.2, 0) is 11.2 Å². The van der Waals surface area contributed by atoms with Crippen LogP contribution in [-0.4, -0.2) is 40.9 Å². The topological polar surface area (TPSA) is 98.1 Å². The number of carbonyl (C=O) groups is 1. The average molecular weight is 353 g/mol. The van der Waals surface area contributed by atoms with Crippen molar-refractivity contribution < 1.29 is 4.79 Å². The third kappa shape index (κ3) is 4.26. The molecule has 138 valence electrons. The lowest BCUT2D eigenvalue weighted by molar-refractivity contribution is -0.122. The number of ketones is 1. The summed E-state index contributed by atoms with van der Waals surface area (Å²) in [6.07, 6.45) is 7.86. The van der Waals surface area contributed by atoms with Crippen LogP contribution in [0.3, 0.4) is 0 Å². The molecule has 0 aliphatic carbocycles. The monoisotopic (exact) mass is 353 g/mol. The highest BCUT2D eigenvalue weighted by Crippen LogP contribution is 2.23. The Kier molecular flexibility index (Phi) is 5.64. The molecule has 1 aliphatic heterocycles. The van der Waals surface area contributed by atoms with Gasteiger partial charge in [-0.25, -0.2) is 9.97 Å². The van der Waals surface area contributed by atoms with Crippen molar-refractivity contribution in [3.05, 3.63) is 42.2 Å². The minimum Gasteiger partial charge on any atom is -0.341 e. The van der Waals surface area contributed by atoms with Crippen LogP contribution in [0.5, 0.6) is 0 Å². The Hall–Kier alpha value is -2.31. The molecule has 1 unspecified atom stereocenters. The second-order valence-electron chi connectivity index (χ2n) is 7.24. The lowest BCUT2D eigenvalue weighted by Gasteiger charge is -2.26. The van der Waals surface area contributed by atoms with Gasteiger partial charge in [-0.2, -0.15) is 0 Å². The lowest BCUT2D eigenvalue weighted by atomic mass is 9.88. The highest BCUT2D eigenvalue weighted by atomic mass is 16.1. The Morgan fingerprint density at radius 3 is 2.50 bits per heavy atom. The summed E-state index contributed by atoms with van der Waals surface area (Å²) in [5, 5.41) is 0. The number of hydrogen-bond donors (Lipinski definition) is 2. The Morgan fingerprint density at radius 1 is 1.15 bits per heavy atom. The molecule has 4 N–H and O–H groups in total. The number of nitrogens with two attached hydrogens (primary N) is 2. The minimum absolute atomic E-state index is 0.0432. The fourth-order valence-electron chi connectivity index (χ4n) is 3.34. The van der Waals surface area contributed by atoms with Crippen LogP contribution in [0.15, 0.2) is 36.7 Å². The van der Waals surface area contributed by atoms with Gasteiger partial charge in [-0.15, -0.1) is 0 Å². The average Bonchev–Trinajstić information content (AvgIpc) is 2.68. The predicted octanol–water partition coefficient (Wildman–Crippen LogP) is 1.92. The second-order valence-corrected chi connectivity index (χ2v) is 7.24. The van der Waals surface area contributed by atoms with Crippen molar-refractivity contribution in [2.75, 3.05) is 24.5 Å². The van der Waals surface area contributed by atoms with Gasteiger partial charge >= 0.3 is 0 Å². The molecule has 0 saturated carbocycles. The molecular weight excluding hydrogens is 326 g/mol. The molecule has 6 heteroatoms. The van der Waals surface area contributed by atoms with E-state index in [2.05, 4.69) is 14.9 Å². The van der Waals surface area contributed by atoms with Gasteiger partial charge in [-0.3, -0.25) is 4.79 Å². The fourth-order valence-corrected chi connectivity index (χ4v) is 3.34. The van der Waals surface area contributed by atoms with Crippen molar-refractivity contribution >= 4 is 11.7 Å². The number of Topliss-reactive ketones (excluding diaryl/α,β-unsaturated/α-hetero) is 1. The zero-order valence-corrected chi connectivity index (χ0v) is 15.3. The molecule has 1 aromatic heterocycles. The standard InChI is InChI=1S/C20H27N5O/c1-20(22,18(26)12-21)11-15-6-5-7-16(10-15)17-13-23-19(24-14-17)25-8-3-2-4-9-25/h5-7,10,13-14H,2-4,8-9,11-12,21-22H2,1H3. The van der Waals surface area contributed by atoms with Gasteiger partial charge in [0.15, 0.2) is 5.78 Å². The lowest BCUT2D eigenvalue weighted by Crippen LogP contribution is -2.49. The van der Waals surface area contributed by atoms with Crippen molar-refractivity contribution in [2.45, 2.75) is 38.1 Å². The van der Waals surface area contributed by atoms with E-state index in [1.807, 2.05) is 36.7 Å². The first kappa shape index (κ1) is 18.5. The van der Waals surface area contributed by atoms with Gasteiger partial charge in [0.2, 0.25) is 5.95 Å². The number of aromatic nitrogens is 2. The van der Waals surface area contributed by atoms with Gasteiger partial charge in [-0.05, 0) is 43.7 Å². The smallest absolute Gasteiger partial charge is 0.225 e. The second kappa shape index (κ2) is 7.93. The first-order valence-corrected chi connectivity index (χ1v) is 9.18. The highest BCUT2D eigenvalue weighted by molar-refractivity contribution is 5.89. The van der Waals surface area contributed by atoms with Crippen molar-refractivity contribution in [1.82, 2.24) is 9.97 Å². The molecule has 6 nitrogen and oxygen atoms in total. The molecule has 1 aliphatic rings. The van der Waals surface area contributed by atoms with E-state index in [-0.39, 0.29) is 12.3 Å². The van der Waals surface area contributed by atoms with Gasteiger partial charge in [0.25, 0.3) is 0 Å². The van der Waals surface area contributed by atoms with Crippen LogP contribution in [0.4, 0.5) is 5.95 Å². The van der Waals surface area contributed by atoms with Crippen LogP contribution in [0.2, 0.25) is 0 Å². The molecule has 0 amide bonds. The summed E-state index contributed by atoms with van der Waals surface area (Å²) >= 11 is 0. The molecule has 0 spiro atoms. The van der Waals surface area contributed by atoms with E-state index in [9.17, 15) is 4.79 Å². The SMILES string of the molecule is CC(N)(Cc1cccc(-c2cnc(N3CCCCC3)nc2)c1)C(=O)CN. The zero-order valence-electron chi connectivity index (χ0n) is 15.3. The summed E-state index contributed by atoms with van der Waals surface area (Å²) in [4.78, 5) is 23.2. The molecule has 1 saturated heterocycles. The van der Waals surface area contributed by atoms with Crippen LogP contribution in [0.25, 0.3) is 11.1 Å². The molecule has 0 bridgehead atoms. The quantitative estimate of drug-likeness (QED) is 0.823. The molecule has 3 rings (SSSR count). The third-order valence-corrected chi connectivity index (χ3v) is 4.93. The summed E-state index contributed by atoms with van der Waals surface area (Å²) in [6.45, 7) is 3.74. The minimum atomic E-state index is -0.956. The van der Waals surface area contributed by atoms with E-state index in [0.29, 0.717) is 6.42 Å². The number of hydrogen-bond acceptors (Lipinski definition) is 6. The van der Waals surface area contributed by atoms with E-state index < -0.39 is 5.54 Å². The van der Waals surface area contributed by atoms with Crippen LogP contribution in [0.1, 0.15) is 31.7 Å². The number of benzene rings is 1.